The molecule has 1 amide bonds. The summed E-state index contributed by atoms with van der Waals surface area (Å²) in [5.41, 5.74) is 0.722. The number of rotatable bonds is 3. The first kappa shape index (κ1) is 9.74. The van der Waals surface area contributed by atoms with Gasteiger partial charge < -0.3 is 10.2 Å². The highest BCUT2D eigenvalue weighted by Crippen LogP contribution is 2.01. The molecule has 1 aromatic rings. The molecule has 0 aliphatic carbocycles. The summed E-state index contributed by atoms with van der Waals surface area (Å²) < 4.78 is 0. The summed E-state index contributed by atoms with van der Waals surface area (Å²) >= 11 is 0. The van der Waals surface area contributed by atoms with Gasteiger partial charge in [0.2, 0.25) is 0 Å². The third kappa shape index (κ3) is 2.56. The monoisotopic (exact) mass is 178 g/mol. The van der Waals surface area contributed by atoms with Crippen molar-refractivity contribution in [2.45, 2.75) is 0 Å². The third-order valence-corrected chi connectivity index (χ3v) is 1.76. The van der Waals surface area contributed by atoms with Gasteiger partial charge in [-0.15, -0.1) is 0 Å². The number of hydrogen-bond acceptors (Lipinski definition) is 2. The van der Waals surface area contributed by atoms with Crippen LogP contribution in [-0.2, 0) is 0 Å². The minimum absolute atomic E-state index is 0.0370. The molecule has 0 saturated carbocycles. The lowest BCUT2D eigenvalue weighted by molar-refractivity contribution is 0.0787. The second kappa shape index (κ2) is 4.62. The first-order chi connectivity index (χ1) is 6.25. The second-order valence-electron chi connectivity index (χ2n) is 2.88. The second-order valence-corrected chi connectivity index (χ2v) is 2.88. The van der Waals surface area contributed by atoms with E-state index in [0.717, 1.165) is 5.56 Å². The van der Waals surface area contributed by atoms with E-state index >= 15 is 0 Å². The van der Waals surface area contributed by atoms with E-state index in [9.17, 15) is 4.79 Å². The molecule has 0 aliphatic heterocycles. The lowest BCUT2D eigenvalue weighted by Crippen LogP contribution is -2.34. The highest BCUT2D eigenvalue weighted by atomic mass is 16.2. The van der Waals surface area contributed by atoms with E-state index in [2.05, 4.69) is 5.32 Å². The Morgan fingerprint density at radius 3 is 2.54 bits per heavy atom. The normalized spacial score (nSPS) is 9.69. The van der Waals surface area contributed by atoms with Crippen molar-refractivity contribution in [3.63, 3.8) is 0 Å². The Morgan fingerprint density at radius 2 is 2.00 bits per heavy atom. The van der Waals surface area contributed by atoms with E-state index < -0.39 is 0 Å². The van der Waals surface area contributed by atoms with Crippen molar-refractivity contribution in [1.82, 2.24) is 10.2 Å². The summed E-state index contributed by atoms with van der Waals surface area (Å²) in [5.74, 6) is 0.0370. The summed E-state index contributed by atoms with van der Waals surface area (Å²) in [6, 6.07) is 9.25. The van der Waals surface area contributed by atoms with Gasteiger partial charge in [0, 0.05) is 12.6 Å². The highest BCUT2D eigenvalue weighted by Gasteiger charge is 2.08. The molecule has 0 fully saturated rings. The van der Waals surface area contributed by atoms with Crippen LogP contribution in [-0.4, -0.2) is 31.6 Å². The lowest BCUT2D eigenvalue weighted by atomic mass is 10.2. The van der Waals surface area contributed by atoms with Crippen LogP contribution in [0.25, 0.3) is 0 Å². The number of carbonyl (C=O) groups is 1. The molecule has 0 unspecified atom stereocenters. The van der Waals surface area contributed by atoms with E-state index in [1.54, 1.807) is 11.9 Å². The van der Waals surface area contributed by atoms with Gasteiger partial charge in [-0.05, 0) is 19.2 Å². The first-order valence-electron chi connectivity index (χ1n) is 4.21. The molecule has 0 aromatic heterocycles. The molecule has 0 radical (unpaired) electrons. The van der Waals surface area contributed by atoms with Crippen molar-refractivity contribution in [2.75, 3.05) is 20.8 Å². The molecule has 1 N–H and O–H groups in total. The standard InChI is InChI=1S/C10H14N2O/c1-11-8-12(2)10(13)9-6-4-3-5-7-9/h3-7,11H,8H2,1-2H3. The Hall–Kier alpha value is -1.35. The maximum absolute atomic E-state index is 11.6. The van der Waals surface area contributed by atoms with E-state index in [-0.39, 0.29) is 5.91 Å². The number of amides is 1. The van der Waals surface area contributed by atoms with Crippen molar-refractivity contribution in [1.29, 1.82) is 0 Å². The van der Waals surface area contributed by atoms with E-state index in [1.807, 2.05) is 37.4 Å². The van der Waals surface area contributed by atoms with Crippen LogP contribution in [0.15, 0.2) is 30.3 Å². The molecule has 0 heterocycles. The fourth-order valence-corrected chi connectivity index (χ4v) is 1.11. The first-order valence-corrected chi connectivity index (χ1v) is 4.21. The molecule has 0 aliphatic rings. The predicted molar refractivity (Wildman–Crippen MR) is 52.5 cm³/mol. The third-order valence-electron chi connectivity index (χ3n) is 1.76. The van der Waals surface area contributed by atoms with Crippen molar-refractivity contribution in [2.24, 2.45) is 0 Å². The molecule has 0 bridgehead atoms. The molecule has 0 atom stereocenters. The largest absolute Gasteiger partial charge is 0.329 e. The van der Waals surface area contributed by atoms with Gasteiger partial charge in [0.05, 0.1) is 6.67 Å². The Kier molecular flexibility index (Phi) is 3.46. The quantitative estimate of drug-likeness (QED) is 0.698. The zero-order valence-corrected chi connectivity index (χ0v) is 7.95. The summed E-state index contributed by atoms with van der Waals surface area (Å²) in [6.45, 7) is 0.563. The molecule has 13 heavy (non-hydrogen) atoms. The van der Waals surface area contributed by atoms with Gasteiger partial charge in [0.25, 0.3) is 5.91 Å². The number of carbonyl (C=O) groups excluding carboxylic acids is 1. The SMILES string of the molecule is CNCN(C)C(=O)c1ccccc1. The fraction of sp³-hybridized carbons (Fsp3) is 0.300. The van der Waals surface area contributed by atoms with Gasteiger partial charge >= 0.3 is 0 Å². The molecule has 3 nitrogen and oxygen atoms in total. The van der Waals surface area contributed by atoms with Gasteiger partial charge in [0.1, 0.15) is 0 Å². The molecule has 0 spiro atoms. The number of hydrogen-bond donors (Lipinski definition) is 1. The molecular weight excluding hydrogens is 164 g/mol. The topological polar surface area (TPSA) is 32.3 Å². The zero-order chi connectivity index (χ0) is 9.68. The van der Waals surface area contributed by atoms with Crippen LogP contribution in [0.1, 0.15) is 10.4 Å². The predicted octanol–water partition coefficient (Wildman–Crippen LogP) is 0.935. The Morgan fingerprint density at radius 1 is 1.38 bits per heavy atom. The van der Waals surface area contributed by atoms with Gasteiger partial charge in [0.15, 0.2) is 0 Å². The Bertz CT molecular complexity index is 272. The minimum Gasteiger partial charge on any atom is -0.329 e. The van der Waals surface area contributed by atoms with Crippen molar-refractivity contribution in [3.05, 3.63) is 35.9 Å². The van der Waals surface area contributed by atoms with E-state index in [1.165, 1.54) is 0 Å². The molecule has 70 valence electrons. The summed E-state index contributed by atoms with van der Waals surface area (Å²) in [4.78, 5) is 13.3. The maximum Gasteiger partial charge on any atom is 0.254 e. The van der Waals surface area contributed by atoms with Crippen LogP contribution in [0, 0.1) is 0 Å². The molecule has 3 heteroatoms. The van der Waals surface area contributed by atoms with Crippen molar-refractivity contribution >= 4 is 5.91 Å². The van der Waals surface area contributed by atoms with Crippen molar-refractivity contribution in [3.8, 4) is 0 Å². The van der Waals surface area contributed by atoms with Crippen LogP contribution >= 0.6 is 0 Å². The fourth-order valence-electron chi connectivity index (χ4n) is 1.11. The van der Waals surface area contributed by atoms with Crippen LogP contribution < -0.4 is 5.32 Å². The van der Waals surface area contributed by atoms with Crippen molar-refractivity contribution < 1.29 is 4.79 Å². The number of nitrogens with one attached hydrogen (secondary N) is 1. The smallest absolute Gasteiger partial charge is 0.254 e. The summed E-state index contributed by atoms with van der Waals surface area (Å²) in [6.07, 6.45) is 0. The zero-order valence-electron chi connectivity index (χ0n) is 7.95. The van der Waals surface area contributed by atoms with E-state index in [4.69, 9.17) is 0 Å². The summed E-state index contributed by atoms with van der Waals surface area (Å²) in [5, 5.41) is 2.92. The summed E-state index contributed by atoms with van der Waals surface area (Å²) in [7, 11) is 3.58. The molecule has 1 rings (SSSR count). The number of nitrogens with zero attached hydrogens (tertiary/aromatic N) is 1. The van der Waals surface area contributed by atoms with Gasteiger partial charge in [-0.2, -0.15) is 0 Å². The lowest BCUT2D eigenvalue weighted by Gasteiger charge is -2.16. The van der Waals surface area contributed by atoms with Crippen LogP contribution in [0.5, 0.6) is 0 Å². The average Bonchev–Trinajstić information content (AvgIpc) is 2.18. The van der Waals surface area contributed by atoms with E-state index in [0.29, 0.717) is 6.67 Å². The van der Waals surface area contributed by atoms with Gasteiger partial charge in [-0.25, -0.2) is 0 Å². The minimum atomic E-state index is 0.0370. The van der Waals surface area contributed by atoms with Crippen LogP contribution in [0.3, 0.4) is 0 Å². The van der Waals surface area contributed by atoms with Crippen LogP contribution in [0.2, 0.25) is 0 Å². The van der Waals surface area contributed by atoms with Crippen LogP contribution in [0.4, 0.5) is 0 Å². The van der Waals surface area contributed by atoms with Gasteiger partial charge in [-0.1, -0.05) is 18.2 Å². The van der Waals surface area contributed by atoms with Gasteiger partial charge in [-0.3, -0.25) is 4.79 Å². The average molecular weight is 178 g/mol. The number of benzene rings is 1. The molecule has 0 saturated heterocycles. The Labute approximate surface area is 78.4 Å². The molecule has 1 aromatic carbocycles. The molecular formula is C10H14N2O. The highest BCUT2D eigenvalue weighted by molar-refractivity contribution is 5.93. The maximum atomic E-state index is 11.6. The Balaban J connectivity index is 2.68.